The van der Waals surface area contributed by atoms with Crippen LogP contribution in [0, 0.1) is 5.92 Å². The molecule has 6 nitrogen and oxygen atoms in total. The summed E-state index contributed by atoms with van der Waals surface area (Å²) < 4.78 is 16.1. The topological polar surface area (TPSA) is 68.8 Å². The predicted octanol–water partition coefficient (Wildman–Crippen LogP) is 2.18. The van der Waals surface area contributed by atoms with E-state index in [-0.39, 0.29) is 18.3 Å². The van der Waals surface area contributed by atoms with Gasteiger partial charge in [-0.25, -0.2) is 0 Å². The molecule has 1 aromatic rings. The van der Waals surface area contributed by atoms with Crippen LogP contribution in [0.1, 0.15) is 24.8 Å². The van der Waals surface area contributed by atoms with Crippen LogP contribution in [0.5, 0.6) is 17.2 Å². The fourth-order valence-electron chi connectivity index (χ4n) is 3.07. The first-order valence-corrected chi connectivity index (χ1v) is 8.44. The SMILES string of the molecule is COc1ccc(CCC(=O)NCCC2CCNC2)c(OC)c1OC.Cl. The Morgan fingerprint density at radius 1 is 1.20 bits per heavy atom. The molecule has 0 spiro atoms. The molecule has 1 amide bonds. The van der Waals surface area contributed by atoms with Crippen LogP contribution in [0.3, 0.4) is 0 Å². The van der Waals surface area contributed by atoms with Crippen LogP contribution in [0.4, 0.5) is 0 Å². The number of hydrogen-bond acceptors (Lipinski definition) is 5. The van der Waals surface area contributed by atoms with Crippen molar-refractivity contribution in [1.82, 2.24) is 10.6 Å². The summed E-state index contributed by atoms with van der Waals surface area (Å²) in [5, 5.41) is 6.35. The van der Waals surface area contributed by atoms with E-state index in [2.05, 4.69) is 10.6 Å². The molecule has 0 saturated carbocycles. The summed E-state index contributed by atoms with van der Waals surface area (Å²) in [6.07, 6.45) is 3.27. The number of aryl methyl sites for hydroxylation is 1. The van der Waals surface area contributed by atoms with Gasteiger partial charge in [-0.3, -0.25) is 4.79 Å². The minimum Gasteiger partial charge on any atom is -0.493 e. The molecule has 142 valence electrons. The molecule has 0 radical (unpaired) electrons. The molecular weight excluding hydrogens is 344 g/mol. The highest BCUT2D eigenvalue weighted by Crippen LogP contribution is 2.40. The van der Waals surface area contributed by atoms with E-state index in [0.717, 1.165) is 31.6 Å². The van der Waals surface area contributed by atoms with Gasteiger partial charge in [-0.2, -0.15) is 0 Å². The first-order valence-electron chi connectivity index (χ1n) is 8.44. The summed E-state index contributed by atoms with van der Waals surface area (Å²) in [6.45, 7) is 2.91. The molecular formula is C18H29ClN2O4. The van der Waals surface area contributed by atoms with Gasteiger partial charge in [0.15, 0.2) is 11.5 Å². The first-order chi connectivity index (χ1) is 11.7. The Balaban J connectivity index is 0.00000312. The number of ether oxygens (including phenoxy) is 3. The summed E-state index contributed by atoms with van der Waals surface area (Å²) in [7, 11) is 4.76. The molecule has 1 aliphatic rings. The van der Waals surface area contributed by atoms with Gasteiger partial charge in [-0.05, 0) is 49.9 Å². The molecule has 7 heteroatoms. The standard InChI is InChI=1S/C18H28N2O4.ClH/c1-22-15-6-4-14(17(23-2)18(15)24-3)5-7-16(21)20-11-9-13-8-10-19-12-13;/h4,6,13,19H,5,7-12H2,1-3H3,(H,20,21);1H. The summed E-state index contributed by atoms with van der Waals surface area (Å²) in [4.78, 5) is 12.0. The van der Waals surface area contributed by atoms with Gasteiger partial charge < -0.3 is 24.8 Å². The van der Waals surface area contributed by atoms with Gasteiger partial charge >= 0.3 is 0 Å². The lowest BCUT2D eigenvalue weighted by atomic mass is 10.0. The number of amides is 1. The van der Waals surface area contributed by atoms with Crippen molar-refractivity contribution in [2.24, 2.45) is 5.92 Å². The normalized spacial score (nSPS) is 16.0. The fourth-order valence-corrected chi connectivity index (χ4v) is 3.07. The highest BCUT2D eigenvalue weighted by molar-refractivity contribution is 5.85. The van der Waals surface area contributed by atoms with E-state index >= 15 is 0 Å². The highest BCUT2D eigenvalue weighted by Gasteiger charge is 2.17. The second-order valence-electron chi connectivity index (χ2n) is 5.99. The maximum Gasteiger partial charge on any atom is 0.220 e. The maximum absolute atomic E-state index is 12.0. The van der Waals surface area contributed by atoms with Crippen molar-refractivity contribution in [3.8, 4) is 17.2 Å². The third kappa shape index (κ3) is 5.97. The van der Waals surface area contributed by atoms with Crippen LogP contribution in [0.15, 0.2) is 12.1 Å². The maximum atomic E-state index is 12.0. The van der Waals surface area contributed by atoms with Crippen molar-refractivity contribution in [2.45, 2.75) is 25.7 Å². The van der Waals surface area contributed by atoms with Crippen molar-refractivity contribution in [2.75, 3.05) is 41.0 Å². The van der Waals surface area contributed by atoms with Crippen molar-refractivity contribution in [1.29, 1.82) is 0 Å². The lowest BCUT2D eigenvalue weighted by molar-refractivity contribution is -0.121. The summed E-state index contributed by atoms with van der Waals surface area (Å²) in [5.41, 5.74) is 0.935. The van der Waals surface area contributed by atoms with Crippen molar-refractivity contribution in [3.05, 3.63) is 17.7 Å². The van der Waals surface area contributed by atoms with Gasteiger partial charge in [0.2, 0.25) is 11.7 Å². The lowest BCUT2D eigenvalue weighted by Gasteiger charge is -2.15. The number of methoxy groups -OCH3 is 3. The molecule has 1 aliphatic heterocycles. The number of nitrogens with one attached hydrogen (secondary N) is 2. The van der Waals surface area contributed by atoms with Crippen LogP contribution < -0.4 is 24.8 Å². The largest absolute Gasteiger partial charge is 0.493 e. The van der Waals surface area contributed by atoms with E-state index in [1.807, 2.05) is 12.1 Å². The molecule has 25 heavy (non-hydrogen) atoms. The highest BCUT2D eigenvalue weighted by atomic mass is 35.5. The van der Waals surface area contributed by atoms with E-state index in [1.54, 1.807) is 21.3 Å². The number of hydrogen-bond donors (Lipinski definition) is 2. The third-order valence-corrected chi connectivity index (χ3v) is 4.44. The van der Waals surface area contributed by atoms with E-state index in [0.29, 0.717) is 36.0 Å². The number of benzene rings is 1. The molecule has 2 N–H and O–H groups in total. The quantitative estimate of drug-likeness (QED) is 0.695. The second-order valence-corrected chi connectivity index (χ2v) is 5.99. The van der Waals surface area contributed by atoms with Gasteiger partial charge in [0.1, 0.15) is 0 Å². The van der Waals surface area contributed by atoms with Gasteiger partial charge in [-0.1, -0.05) is 6.07 Å². The smallest absolute Gasteiger partial charge is 0.220 e. The Bertz CT molecular complexity index is 548. The van der Waals surface area contributed by atoms with Crippen LogP contribution in [0.25, 0.3) is 0 Å². The van der Waals surface area contributed by atoms with Gasteiger partial charge in [0.05, 0.1) is 21.3 Å². The molecule has 0 aromatic heterocycles. The van der Waals surface area contributed by atoms with Crippen molar-refractivity contribution >= 4 is 18.3 Å². The van der Waals surface area contributed by atoms with Gasteiger partial charge in [0, 0.05) is 13.0 Å². The molecule has 0 bridgehead atoms. The number of halogens is 1. The molecule has 1 fully saturated rings. The summed E-state index contributed by atoms with van der Waals surface area (Å²) in [5.74, 6) is 2.56. The minimum absolute atomic E-state index is 0. The molecule has 0 aliphatic carbocycles. The average molecular weight is 373 g/mol. The Hall–Kier alpha value is -1.66. The van der Waals surface area contributed by atoms with E-state index in [4.69, 9.17) is 14.2 Å². The molecule has 2 rings (SSSR count). The fraction of sp³-hybridized carbons (Fsp3) is 0.611. The van der Waals surface area contributed by atoms with Gasteiger partial charge in [-0.15, -0.1) is 12.4 Å². The van der Waals surface area contributed by atoms with E-state index in [1.165, 1.54) is 6.42 Å². The van der Waals surface area contributed by atoms with Crippen LogP contribution >= 0.6 is 12.4 Å². The van der Waals surface area contributed by atoms with Crippen molar-refractivity contribution in [3.63, 3.8) is 0 Å². The Labute approximate surface area is 156 Å². The van der Waals surface area contributed by atoms with Crippen LogP contribution in [-0.2, 0) is 11.2 Å². The van der Waals surface area contributed by atoms with Crippen LogP contribution in [0.2, 0.25) is 0 Å². The predicted molar refractivity (Wildman–Crippen MR) is 100 cm³/mol. The number of rotatable bonds is 9. The third-order valence-electron chi connectivity index (χ3n) is 4.44. The zero-order valence-electron chi connectivity index (χ0n) is 15.2. The van der Waals surface area contributed by atoms with E-state index in [9.17, 15) is 4.79 Å². The summed E-state index contributed by atoms with van der Waals surface area (Å²) in [6, 6.07) is 3.75. The monoisotopic (exact) mass is 372 g/mol. The Morgan fingerprint density at radius 3 is 2.56 bits per heavy atom. The summed E-state index contributed by atoms with van der Waals surface area (Å²) >= 11 is 0. The Morgan fingerprint density at radius 2 is 1.96 bits per heavy atom. The lowest BCUT2D eigenvalue weighted by Crippen LogP contribution is -2.26. The first kappa shape index (κ1) is 21.4. The average Bonchev–Trinajstić information content (AvgIpc) is 3.12. The number of carbonyl (C=O) groups is 1. The molecule has 1 saturated heterocycles. The number of carbonyl (C=O) groups excluding carboxylic acids is 1. The van der Waals surface area contributed by atoms with E-state index < -0.39 is 0 Å². The zero-order chi connectivity index (χ0) is 17.4. The molecule has 1 unspecified atom stereocenters. The Kier molecular flexibility index (Phi) is 9.45. The molecule has 1 aromatic carbocycles. The van der Waals surface area contributed by atoms with Crippen molar-refractivity contribution < 1.29 is 19.0 Å². The van der Waals surface area contributed by atoms with Gasteiger partial charge in [0.25, 0.3) is 0 Å². The minimum atomic E-state index is 0. The van der Waals surface area contributed by atoms with Crippen LogP contribution in [-0.4, -0.2) is 46.9 Å². The second kappa shape index (κ2) is 11.1. The molecule has 1 heterocycles. The zero-order valence-corrected chi connectivity index (χ0v) is 16.0. The molecule has 1 atom stereocenters.